The molecule has 0 saturated heterocycles. The van der Waals surface area contributed by atoms with Crippen LogP contribution in [0.4, 0.5) is 14.5 Å². The Labute approximate surface area is 127 Å². The predicted octanol–water partition coefficient (Wildman–Crippen LogP) is 4.23. The Balaban J connectivity index is 2.28. The summed E-state index contributed by atoms with van der Waals surface area (Å²) in [7, 11) is 0. The lowest BCUT2D eigenvalue weighted by Gasteiger charge is -2.13. The van der Waals surface area contributed by atoms with Crippen LogP contribution >= 0.6 is 0 Å². The second-order valence-electron chi connectivity index (χ2n) is 4.77. The second kappa shape index (κ2) is 7.54. The molecule has 0 aliphatic rings. The summed E-state index contributed by atoms with van der Waals surface area (Å²) >= 11 is 0. The zero-order valence-corrected chi connectivity index (χ0v) is 12.2. The van der Waals surface area contributed by atoms with E-state index in [1.165, 1.54) is 6.07 Å². The Morgan fingerprint density at radius 2 is 1.91 bits per heavy atom. The average Bonchev–Trinajstić information content (AvgIpc) is 2.50. The van der Waals surface area contributed by atoms with Crippen molar-refractivity contribution < 1.29 is 18.3 Å². The average molecular weight is 305 g/mol. The number of alkyl halides is 2. The zero-order valence-electron chi connectivity index (χ0n) is 12.2. The van der Waals surface area contributed by atoms with Gasteiger partial charge in [-0.1, -0.05) is 37.3 Å². The van der Waals surface area contributed by atoms with Gasteiger partial charge in [-0.15, -0.1) is 0 Å². The molecule has 0 aliphatic heterocycles. The van der Waals surface area contributed by atoms with E-state index in [4.69, 9.17) is 0 Å². The van der Waals surface area contributed by atoms with Crippen molar-refractivity contribution in [1.29, 1.82) is 0 Å². The highest BCUT2D eigenvalue weighted by atomic mass is 19.3. The van der Waals surface area contributed by atoms with Gasteiger partial charge in [0.2, 0.25) is 5.91 Å². The molecule has 0 bridgehead atoms. The van der Waals surface area contributed by atoms with Crippen LogP contribution in [0.1, 0.15) is 24.5 Å². The van der Waals surface area contributed by atoms with Crippen molar-refractivity contribution >= 4 is 11.6 Å². The van der Waals surface area contributed by atoms with E-state index in [9.17, 15) is 13.6 Å². The van der Waals surface area contributed by atoms with Gasteiger partial charge in [0.25, 0.3) is 0 Å². The van der Waals surface area contributed by atoms with E-state index in [1.807, 2.05) is 30.3 Å². The molecule has 0 spiro atoms. The van der Waals surface area contributed by atoms with Crippen LogP contribution < -0.4 is 10.1 Å². The Bertz CT molecular complexity index is 630. The van der Waals surface area contributed by atoms with Crippen molar-refractivity contribution in [2.45, 2.75) is 26.4 Å². The highest BCUT2D eigenvalue weighted by Crippen LogP contribution is 2.27. The standard InChI is InChI=1S/C17H17F2NO2/c1-2-16(21)20-14-8-9-15(22-17(18)19)13(11-14)10-12-6-4-3-5-7-12/h3-9,11,17H,2,10H2,1H3,(H,20,21). The number of carbonyl (C=O) groups excluding carboxylic acids is 1. The van der Waals surface area contributed by atoms with E-state index in [1.54, 1.807) is 19.1 Å². The third kappa shape index (κ3) is 4.55. The molecule has 116 valence electrons. The molecule has 1 N–H and O–H groups in total. The van der Waals surface area contributed by atoms with Crippen LogP contribution in [-0.4, -0.2) is 12.5 Å². The van der Waals surface area contributed by atoms with Gasteiger partial charge >= 0.3 is 6.61 Å². The third-order valence-electron chi connectivity index (χ3n) is 3.12. The van der Waals surface area contributed by atoms with Crippen LogP contribution in [0.25, 0.3) is 0 Å². The molecule has 0 unspecified atom stereocenters. The molecule has 2 aromatic carbocycles. The number of nitrogens with one attached hydrogen (secondary N) is 1. The van der Waals surface area contributed by atoms with Gasteiger partial charge in [0.05, 0.1) is 0 Å². The molecule has 1 amide bonds. The largest absolute Gasteiger partial charge is 0.435 e. The molecule has 0 radical (unpaired) electrons. The molecule has 0 saturated carbocycles. The summed E-state index contributed by atoms with van der Waals surface area (Å²) in [5.74, 6) is -0.0125. The molecule has 0 atom stereocenters. The van der Waals surface area contributed by atoms with Gasteiger partial charge in [0.15, 0.2) is 0 Å². The fourth-order valence-corrected chi connectivity index (χ4v) is 2.07. The third-order valence-corrected chi connectivity index (χ3v) is 3.12. The maximum Gasteiger partial charge on any atom is 0.387 e. The molecule has 3 nitrogen and oxygen atoms in total. The fourth-order valence-electron chi connectivity index (χ4n) is 2.07. The van der Waals surface area contributed by atoms with E-state index >= 15 is 0 Å². The second-order valence-corrected chi connectivity index (χ2v) is 4.77. The predicted molar refractivity (Wildman–Crippen MR) is 81.2 cm³/mol. The van der Waals surface area contributed by atoms with Crippen molar-refractivity contribution in [3.63, 3.8) is 0 Å². The lowest BCUT2D eigenvalue weighted by Crippen LogP contribution is -2.10. The van der Waals surface area contributed by atoms with Gasteiger partial charge in [-0.25, -0.2) is 0 Å². The number of benzene rings is 2. The minimum Gasteiger partial charge on any atom is -0.435 e. The highest BCUT2D eigenvalue weighted by molar-refractivity contribution is 5.90. The van der Waals surface area contributed by atoms with Crippen molar-refractivity contribution in [3.8, 4) is 5.75 Å². The van der Waals surface area contributed by atoms with Crippen molar-refractivity contribution in [2.24, 2.45) is 0 Å². The smallest absolute Gasteiger partial charge is 0.387 e. The first-order chi connectivity index (χ1) is 10.6. The summed E-state index contributed by atoms with van der Waals surface area (Å²) in [6.07, 6.45) is 0.794. The van der Waals surface area contributed by atoms with E-state index in [0.29, 0.717) is 24.1 Å². The summed E-state index contributed by atoms with van der Waals surface area (Å²) in [5, 5.41) is 2.72. The van der Waals surface area contributed by atoms with Gasteiger partial charge < -0.3 is 10.1 Å². The molecular weight excluding hydrogens is 288 g/mol. The lowest BCUT2D eigenvalue weighted by molar-refractivity contribution is -0.115. The number of ether oxygens (including phenoxy) is 1. The Morgan fingerprint density at radius 1 is 1.18 bits per heavy atom. The minimum atomic E-state index is -2.88. The van der Waals surface area contributed by atoms with Gasteiger partial charge in [-0.3, -0.25) is 4.79 Å². The summed E-state index contributed by atoms with van der Waals surface area (Å²) in [6.45, 7) is -1.14. The topological polar surface area (TPSA) is 38.3 Å². The number of carbonyl (C=O) groups is 1. The number of hydrogen-bond donors (Lipinski definition) is 1. The maximum absolute atomic E-state index is 12.5. The van der Waals surface area contributed by atoms with Crippen LogP contribution in [0, 0.1) is 0 Å². The van der Waals surface area contributed by atoms with E-state index < -0.39 is 6.61 Å². The van der Waals surface area contributed by atoms with Gasteiger partial charge in [0, 0.05) is 24.1 Å². The number of hydrogen-bond acceptors (Lipinski definition) is 2. The molecule has 0 heterocycles. The van der Waals surface area contributed by atoms with Gasteiger partial charge in [0.1, 0.15) is 5.75 Å². The fraction of sp³-hybridized carbons (Fsp3) is 0.235. The van der Waals surface area contributed by atoms with Crippen LogP contribution in [0.3, 0.4) is 0 Å². The molecule has 22 heavy (non-hydrogen) atoms. The van der Waals surface area contributed by atoms with Crippen LogP contribution in [-0.2, 0) is 11.2 Å². The molecule has 2 aromatic rings. The van der Waals surface area contributed by atoms with E-state index in [-0.39, 0.29) is 11.7 Å². The summed E-state index contributed by atoms with van der Waals surface area (Å²) in [5.41, 5.74) is 2.14. The first-order valence-electron chi connectivity index (χ1n) is 7.00. The normalized spacial score (nSPS) is 10.5. The number of amides is 1. The van der Waals surface area contributed by atoms with Gasteiger partial charge in [-0.2, -0.15) is 8.78 Å². The monoisotopic (exact) mass is 305 g/mol. The molecule has 0 aromatic heterocycles. The summed E-state index contributed by atoms with van der Waals surface area (Å²) in [4.78, 5) is 11.5. The molecule has 0 fully saturated rings. The number of halogens is 2. The first kappa shape index (κ1) is 15.9. The van der Waals surface area contributed by atoms with Crippen molar-refractivity contribution in [1.82, 2.24) is 0 Å². The molecule has 0 aliphatic carbocycles. The molecule has 5 heteroatoms. The molecule has 2 rings (SSSR count). The van der Waals surface area contributed by atoms with E-state index in [0.717, 1.165) is 5.56 Å². The van der Waals surface area contributed by atoms with Crippen molar-refractivity contribution in [2.75, 3.05) is 5.32 Å². The lowest BCUT2D eigenvalue weighted by atomic mass is 10.0. The first-order valence-corrected chi connectivity index (χ1v) is 7.00. The van der Waals surface area contributed by atoms with Crippen LogP contribution in [0.5, 0.6) is 5.75 Å². The summed E-state index contributed by atoms with van der Waals surface area (Å²) < 4.78 is 29.6. The summed E-state index contributed by atoms with van der Waals surface area (Å²) in [6, 6.07) is 14.1. The number of anilines is 1. The van der Waals surface area contributed by atoms with Crippen molar-refractivity contribution in [3.05, 3.63) is 59.7 Å². The minimum absolute atomic E-state index is 0.119. The van der Waals surface area contributed by atoms with Crippen LogP contribution in [0.2, 0.25) is 0 Å². The van der Waals surface area contributed by atoms with E-state index in [2.05, 4.69) is 10.1 Å². The Kier molecular flexibility index (Phi) is 5.47. The number of rotatable bonds is 6. The Hall–Kier alpha value is -2.43. The maximum atomic E-state index is 12.5. The molecular formula is C17H17F2NO2. The van der Waals surface area contributed by atoms with Gasteiger partial charge in [-0.05, 0) is 23.8 Å². The SMILES string of the molecule is CCC(=O)Nc1ccc(OC(F)F)c(Cc2ccccc2)c1. The van der Waals surface area contributed by atoms with Crippen LogP contribution in [0.15, 0.2) is 48.5 Å². The zero-order chi connectivity index (χ0) is 15.9. The Morgan fingerprint density at radius 3 is 2.55 bits per heavy atom. The highest BCUT2D eigenvalue weighted by Gasteiger charge is 2.12. The quantitative estimate of drug-likeness (QED) is 0.867.